The van der Waals surface area contributed by atoms with E-state index in [1.807, 2.05) is 24.3 Å². The maximum Gasteiger partial charge on any atom is 0.287 e. The lowest BCUT2D eigenvalue weighted by molar-refractivity contribution is -0.122. The first-order chi connectivity index (χ1) is 18.9. The second-order valence-corrected chi connectivity index (χ2v) is 9.36. The van der Waals surface area contributed by atoms with Crippen LogP contribution in [-0.4, -0.2) is 36.6 Å². The van der Waals surface area contributed by atoms with Crippen molar-refractivity contribution >= 4 is 56.8 Å². The van der Waals surface area contributed by atoms with E-state index in [4.69, 9.17) is 16.0 Å². The number of hydrogen-bond donors (Lipinski definition) is 3. The Balaban J connectivity index is 0.000000332. The molecule has 0 fully saturated rings. The molecule has 39 heavy (non-hydrogen) atoms. The molecule has 2 aromatic carbocycles. The molecular weight excluding hydrogens is 549 g/mol. The molecule has 11 nitrogen and oxygen atoms in total. The number of carbonyl (C=O) groups is 3. The molecule has 198 valence electrons. The molecule has 0 atom stereocenters. The largest absolute Gasteiger partial charge is 0.447 e. The summed E-state index contributed by atoms with van der Waals surface area (Å²) in [5, 5.41) is 9.38. The van der Waals surface area contributed by atoms with Crippen LogP contribution in [0.2, 0.25) is 5.02 Å². The summed E-state index contributed by atoms with van der Waals surface area (Å²) < 4.78 is 23.7. The summed E-state index contributed by atoms with van der Waals surface area (Å²) in [5.74, 6) is -0.932. The summed E-state index contributed by atoms with van der Waals surface area (Å²) in [6.45, 7) is 0.110. The van der Waals surface area contributed by atoms with E-state index in [1.54, 1.807) is 0 Å². The van der Waals surface area contributed by atoms with Crippen molar-refractivity contribution in [2.75, 3.05) is 5.32 Å². The Kier molecular flexibility index (Phi) is 7.61. The number of oxazole rings is 1. The molecule has 0 unspecified atom stereocenters. The zero-order valence-electron chi connectivity index (χ0n) is 20.0. The fraction of sp³-hybridized carbons (Fsp3) is 0.120. The van der Waals surface area contributed by atoms with E-state index in [1.165, 1.54) is 52.8 Å². The fourth-order valence-electron chi connectivity index (χ4n) is 3.71. The Morgan fingerprint density at radius 1 is 1.15 bits per heavy atom. The Morgan fingerprint density at radius 3 is 2.69 bits per heavy atom. The van der Waals surface area contributed by atoms with Crippen molar-refractivity contribution in [2.24, 2.45) is 0 Å². The molecule has 0 saturated carbocycles. The van der Waals surface area contributed by atoms with Gasteiger partial charge in [0.2, 0.25) is 17.6 Å². The summed E-state index contributed by atoms with van der Waals surface area (Å²) >= 11 is 6.67. The number of benzene rings is 2. The highest BCUT2D eigenvalue weighted by atomic mass is 35.5. The minimum atomic E-state index is -0.520. The second kappa shape index (κ2) is 11.4. The molecule has 3 aromatic heterocycles. The van der Waals surface area contributed by atoms with Crippen molar-refractivity contribution in [3.05, 3.63) is 94.9 Å². The molecule has 4 heterocycles. The molecule has 1 aliphatic rings. The summed E-state index contributed by atoms with van der Waals surface area (Å²) in [6, 6.07) is 13.1. The average Bonchev–Trinajstić information content (AvgIpc) is 3.68. The van der Waals surface area contributed by atoms with E-state index in [0.29, 0.717) is 16.6 Å². The van der Waals surface area contributed by atoms with Crippen molar-refractivity contribution in [1.82, 2.24) is 29.5 Å². The van der Waals surface area contributed by atoms with Crippen LogP contribution < -0.4 is 16.0 Å². The van der Waals surface area contributed by atoms with Crippen LogP contribution in [-0.2, 0) is 24.4 Å². The van der Waals surface area contributed by atoms with E-state index < -0.39 is 11.8 Å². The SMILES string of the molecule is Fc1ccc(Cl)cc1.O=C1Cn2c(C(=O)NCc3ncco3)nc(NC(=O)c3nsc4ccccc34)c2CN1. The lowest BCUT2D eigenvalue weighted by Gasteiger charge is -2.17. The molecule has 0 bridgehead atoms. The summed E-state index contributed by atoms with van der Waals surface area (Å²) in [5.41, 5.74) is 0.797. The third kappa shape index (κ3) is 5.94. The number of nitrogens with one attached hydrogen (secondary N) is 3. The number of rotatable bonds is 5. The topological polar surface area (TPSA) is 144 Å². The van der Waals surface area contributed by atoms with Gasteiger partial charge in [-0.3, -0.25) is 14.4 Å². The highest BCUT2D eigenvalue weighted by Gasteiger charge is 2.28. The van der Waals surface area contributed by atoms with Crippen LogP contribution in [0.25, 0.3) is 10.1 Å². The van der Waals surface area contributed by atoms with Gasteiger partial charge in [-0.05, 0) is 41.9 Å². The Morgan fingerprint density at radius 2 is 1.95 bits per heavy atom. The third-order valence-corrected chi connectivity index (χ3v) is 6.62. The van der Waals surface area contributed by atoms with Gasteiger partial charge in [0.1, 0.15) is 24.3 Å². The number of halogens is 2. The predicted octanol–water partition coefficient (Wildman–Crippen LogP) is 3.77. The summed E-state index contributed by atoms with van der Waals surface area (Å²) in [6.07, 6.45) is 2.87. The zero-order chi connectivity index (χ0) is 27.4. The third-order valence-electron chi connectivity index (χ3n) is 5.54. The normalized spacial score (nSPS) is 12.2. The van der Waals surface area contributed by atoms with Gasteiger partial charge in [0.05, 0.1) is 29.7 Å². The van der Waals surface area contributed by atoms with Gasteiger partial charge in [0.15, 0.2) is 5.82 Å². The van der Waals surface area contributed by atoms with Gasteiger partial charge in [-0.1, -0.05) is 29.8 Å². The van der Waals surface area contributed by atoms with Crippen molar-refractivity contribution in [3.8, 4) is 0 Å². The van der Waals surface area contributed by atoms with E-state index in [2.05, 4.69) is 30.3 Å². The maximum absolute atomic E-state index is 12.9. The Hall–Kier alpha value is -4.62. The molecular formula is C25H19ClFN7O4S. The van der Waals surface area contributed by atoms with Gasteiger partial charge in [-0.15, -0.1) is 0 Å². The van der Waals surface area contributed by atoms with Gasteiger partial charge in [-0.25, -0.2) is 14.4 Å². The number of hydrogen-bond acceptors (Lipinski definition) is 8. The van der Waals surface area contributed by atoms with Crippen LogP contribution in [0.4, 0.5) is 10.2 Å². The van der Waals surface area contributed by atoms with Crippen LogP contribution in [0, 0.1) is 5.82 Å². The van der Waals surface area contributed by atoms with Crippen LogP contribution in [0.15, 0.2) is 65.4 Å². The molecule has 0 spiro atoms. The minimum Gasteiger partial charge on any atom is -0.447 e. The van der Waals surface area contributed by atoms with Crippen molar-refractivity contribution in [1.29, 1.82) is 0 Å². The number of nitrogens with zero attached hydrogens (tertiary/aromatic N) is 4. The van der Waals surface area contributed by atoms with Gasteiger partial charge >= 0.3 is 0 Å². The number of fused-ring (bicyclic) bond motifs is 2. The van der Waals surface area contributed by atoms with E-state index in [9.17, 15) is 18.8 Å². The standard InChI is InChI=1S/C19H15N7O4S.C6H4ClF/c27-13-9-26-11(7-21-13)16(23-17(26)19(29)22-8-14-20-5-6-30-14)24-18(28)15-10-3-1-2-4-12(10)31-25-15;7-5-1-3-6(8)4-2-5/h1-6H,7-9H2,(H,21,27)(H,22,29)(H,24,28);1-4H. The molecule has 3 amide bonds. The van der Waals surface area contributed by atoms with Gasteiger partial charge < -0.3 is 24.9 Å². The predicted molar refractivity (Wildman–Crippen MR) is 141 cm³/mol. The highest BCUT2D eigenvalue weighted by Crippen LogP contribution is 2.25. The van der Waals surface area contributed by atoms with E-state index in [-0.39, 0.29) is 48.7 Å². The Labute approximate surface area is 229 Å². The van der Waals surface area contributed by atoms with Crippen molar-refractivity contribution < 1.29 is 23.2 Å². The number of anilines is 1. The quantitative estimate of drug-likeness (QED) is 0.293. The van der Waals surface area contributed by atoms with Gasteiger partial charge in [0, 0.05) is 10.4 Å². The molecule has 0 radical (unpaired) electrons. The molecule has 5 aromatic rings. The van der Waals surface area contributed by atoms with Crippen LogP contribution in [0.1, 0.15) is 32.7 Å². The van der Waals surface area contributed by atoms with Crippen LogP contribution in [0.3, 0.4) is 0 Å². The number of amides is 3. The zero-order valence-corrected chi connectivity index (χ0v) is 21.6. The number of aromatic nitrogens is 4. The van der Waals surface area contributed by atoms with E-state index >= 15 is 0 Å². The Bertz CT molecular complexity index is 1630. The highest BCUT2D eigenvalue weighted by molar-refractivity contribution is 7.13. The molecule has 3 N–H and O–H groups in total. The molecule has 0 aliphatic carbocycles. The van der Waals surface area contributed by atoms with Crippen molar-refractivity contribution in [2.45, 2.75) is 19.6 Å². The first kappa shape index (κ1) is 26.0. The van der Waals surface area contributed by atoms with Crippen LogP contribution >= 0.6 is 23.1 Å². The minimum absolute atomic E-state index is 0.00911. The molecule has 0 saturated heterocycles. The molecule has 14 heteroatoms. The molecule has 6 rings (SSSR count). The molecule has 1 aliphatic heterocycles. The first-order valence-corrected chi connectivity index (χ1v) is 12.6. The smallest absolute Gasteiger partial charge is 0.287 e. The van der Waals surface area contributed by atoms with Gasteiger partial charge in [-0.2, -0.15) is 4.37 Å². The van der Waals surface area contributed by atoms with E-state index in [0.717, 1.165) is 10.1 Å². The van der Waals surface area contributed by atoms with Gasteiger partial charge in [0.25, 0.3) is 11.8 Å². The first-order valence-electron chi connectivity index (χ1n) is 11.5. The number of carbonyl (C=O) groups excluding carboxylic acids is 3. The fourth-order valence-corrected chi connectivity index (χ4v) is 4.61. The lowest BCUT2D eigenvalue weighted by Crippen LogP contribution is -2.37. The second-order valence-electron chi connectivity index (χ2n) is 8.12. The monoisotopic (exact) mass is 567 g/mol. The summed E-state index contributed by atoms with van der Waals surface area (Å²) in [4.78, 5) is 45.7. The van der Waals surface area contributed by atoms with Crippen molar-refractivity contribution in [3.63, 3.8) is 0 Å². The van der Waals surface area contributed by atoms with Crippen LogP contribution in [0.5, 0.6) is 0 Å². The number of imidazole rings is 1. The summed E-state index contributed by atoms with van der Waals surface area (Å²) in [7, 11) is 0. The maximum atomic E-state index is 12.9. The average molecular weight is 568 g/mol. The lowest BCUT2D eigenvalue weighted by atomic mass is 10.2.